The molecule has 1 amide bonds. The minimum absolute atomic E-state index is 0.0970. The van der Waals surface area contributed by atoms with E-state index in [1.54, 1.807) is 30.5 Å². The Labute approximate surface area is 180 Å². The molecule has 156 valence electrons. The van der Waals surface area contributed by atoms with Crippen molar-refractivity contribution in [2.24, 2.45) is 23.2 Å². The number of benzene rings is 1. The van der Waals surface area contributed by atoms with Crippen LogP contribution in [0.1, 0.15) is 59.2 Å². The number of amides is 1. The maximum atomic E-state index is 13.0. The van der Waals surface area contributed by atoms with E-state index < -0.39 is 5.97 Å². The highest BCUT2D eigenvalue weighted by Crippen LogP contribution is 2.59. The topological polar surface area (TPSA) is 79.3 Å². The first kappa shape index (κ1) is 19.6. The average molecular weight is 425 g/mol. The smallest absolute Gasteiger partial charge is 0.337 e. The maximum absolute atomic E-state index is 13.0. The van der Waals surface area contributed by atoms with Crippen molar-refractivity contribution in [2.75, 3.05) is 6.54 Å². The van der Waals surface area contributed by atoms with Gasteiger partial charge in [-0.1, -0.05) is 17.7 Å². The molecule has 1 aromatic heterocycles. The Morgan fingerprint density at radius 1 is 1.07 bits per heavy atom. The highest BCUT2D eigenvalue weighted by molar-refractivity contribution is 6.34. The third-order valence-corrected chi connectivity index (χ3v) is 7.64. The van der Waals surface area contributed by atoms with Gasteiger partial charge in [0.1, 0.15) is 0 Å². The summed E-state index contributed by atoms with van der Waals surface area (Å²) >= 11 is 6.34. The van der Waals surface area contributed by atoms with E-state index in [9.17, 15) is 14.7 Å². The zero-order valence-corrected chi connectivity index (χ0v) is 17.5. The molecule has 30 heavy (non-hydrogen) atoms. The number of carboxylic acids is 1. The number of aromatic nitrogens is 1. The Bertz CT molecular complexity index is 984. The molecule has 1 aromatic carbocycles. The fourth-order valence-corrected chi connectivity index (χ4v) is 6.73. The molecule has 4 aliphatic rings. The molecular weight excluding hydrogens is 400 g/mol. The molecule has 4 saturated carbocycles. The minimum Gasteiger partial charge on any atom is -0.478 e. The molecule has 4 aliphatic carbocycles. The van der Waals surface area contributed by atoms with Gasteiger partial charge >= 0.3 is 5.97 Å². The zero-order valence-electron chi connectivity index (χ0n) is 16.7. The lowest BCUT2D eigenvalue weighted by atomic mass is 9.49. The monoisotopic (exact) mass is 424 g/mol. The van der Waals surface area contributed by atoms with Crippen LogP contribution in [0.3, 0.4) is 0 Å². The predicted octanol–water partition coefficient (Wildman–Crippen LogP) is 5.05. The predicted molar refractivity (Wildman–Crippen MR) is 115 cm³/mol. The normalized spacial score (nSPS) is 29.0. The number of rotatable bonds is 5. The van der Waals surface area contributed by atoms with Gasteiger partial charge in [-0.2, -0.15) is 0 Å². The molecule has 0 atom stereocenters. The van der Waals surface area contributed by atoms with E-state index in [1.165, 1.54) is 44.6 Å². The number of carbonyl (C=O) groups is 2. The van der Waals surface area contributed by atoms with Gasteiger partial charge in [-0.3, -0.25) is 9.78 Å². The highest BCUT2D eigenvalue weighted by Gasteiger charge is 2.50. The molecule has 0 saturated heterocycles. The summed E-state index contributed by atoms with van der Waals surface area (Å²) in [6, 6.07) is 8.07. The third-order valence-electron chi connectivity index (χ3n) is 7.31. The number of carbonyl (C=O) groups excluding carboxylic acids is 1. The Morgan fingerprint density at radius 3 is 2.37 bits per heavy atom. The Morgan fingerprint density at radius 2 is 1.73 bits per heavy atom. The van der Waals surface area contributed by atoms with Crippen molar-refractivity contribution < 1.29 is 14.7 Å². The number of hydrogen-bond donors (Lipinski definition) is 2. The Balaban J connectivity index is 1.37. The second kappa shape index (κ2) is 7.38. The summed E-state index contributed by atoms with van der Waals surface area (Å²) in [4.78, 5) is 28.8. The molecule has 0 radical (unpaired) electrons. The summed E-state index contributed by atoms with van der Waals surface area (Å²) in [6.07, 6.45) is 9.34. The number of hydrogen-bond acceptors (Lipinski definition) is 3. The van der Waals surface area contributed by atoms with Crippen LogP contribution in [0.5, 0.6) is 0 Å². The van der Waals surface area contributed by atoms with Crippen LogP contribution in [0, 0.1) is 23.2 Å². The van der Waals surface area contributed by atoms with Crippen molar-refractivity contribution in [3.63, 3.8) is 0 Å². The quantitative estimate of drug-likeness (QED) is 0.704. The SMILES string of the molecule is O=C(NCC12CC3CC(CC(C3)C1)C2)c1cc(-c2ncccc2C(=O)O)ccc1Cl. The minimum atomic E-state index is -1.05. The van der Waals surface area contributed by atoms with E-state index >= 15 is 0 Å². The van der Waals surface area contributed by atoms with Crippen LogP contribution in [0.25, 0.3) is 11.3 Å². The number of nitrogens with one attached hydrogen (secondary N) is 1. The van der Waals surface area contributed by atoms with E-state index in [1.807, 2.05) is 0 Å². The van der Waals surface area contributed by atoms with Gasteiger partial charge in [-0.05, 0) is 86.0 Å². The lowest BCUT2D eigenvalue weighted by molar-refractivity contribution is -0.0503. The van der Waals surface area contributed by atoms with E-state index in [4.69, 9.17) is 11.6 Å². The van der Waals surface area contributed by atoms with E-state index in [0.717, 1.165) is 17.8 Å². The summed E-state index contributed by atoms with van der Waals surface area (Å²) in [6.45, 7) is 0.694. The number of carboxylic acid groups (broad SMARTS) is 1. The van der Waals surface area contributed by atoms with Crippen LogP contribution >= 0.6 is 11.6 Å². The van der Waals surface area contributed by atoms with Crippen LogP contribution in [0.2, 0.25) is 5.02 Å². The first-order valence-corrected chi connectivity index (χ1v) is 11.1. The van der Waals surface area contributed by atoms with Crippen LogP contribution in [-0.2, 0) is 0 Å². The van der Waals surface area contributed by atoms with Crippen molar-refractivity contribution >= 4 is 23.5 Å². The van der Waals surface area contributed by atoms with Gasteiger partial charge < -0.3 is 10.4 Å². The molecule has 1 heterocycles. The molecule has 4 fully saturated rings. The van der Waals surface area contributed by atoms with Crippen LogP contribution < -0.4 is 5.32 Å². The summed E-state index contributed by atoms with van der Waals surface area (Å²) in [5.41, 5.74) is 1.60. The molecule has 6 rings (SSSR count). The summed E-state index contributed by atoms with van der Waals surface area (Å²) in [5.74, 6) is 1.24. The largest absolute Gasteiger partial charge is 0.478 e. The van der Waals surface area contributed by atoms with Gasteiger partial charge in [0.15, 0.2) is 0 Å². The molecular formula is C24H25ClN2O3. The number of pyridine rings is 1. The van der Waals surface area contributed by atoms with Crippen molar-refractivity contribution in [3.05, 3.63) is 52.7 Å². The zero-order chi connectivity index (χ0) is 20.9. The fourth-order valence-electron chi connectivity index (χ4n) is 6.52. The molecule has 5 nitrogen and oxygen atoms in total. The summed E-state index contributed by atoms with van der Waals surface area (Å²) in [5, 5.41) is 13.0. The molecule has 2 aromatic rings. The van der Waals surface area contributed by atoms with Gasteiger partial charge in [0.2, 0.25) is 0 Å². The van der Waals surface area contributed by atoms with Crippen molar-refractivity contribution in [3.8, 4) is 11.3 Å². The van der Waals surface area contributed by atoms with Crippen LogP contribution in [-0.4, -0.2) is 28.5 Å². The molecule has 4 bridgehead atoms. The first-order chi connectivity index (χ1) is 14.4. The van der Waals surface area contributed by atoms with Gasteiger partial charge in [-0.15, -0.1) is 0 Å². The van der Waals surface area contributed by atoms with E-state index in [-0.39, 0.29) is 16.9 Å². The van der Waals surface area contributed by atoms with Crippen molar-refractivity contribution in [1.29, 1.82) is 0 Å². The van der Waals surface area contributed by atoms with Gasteiger partial charge in [0.05, 0.1) is 21.8 Å². The molecule has 6 heteroatoms. The fraction of sp³-hybridized carbons (Fsp3) is 0.458. The van der Waals surface area contributed by atoms with Crippen LogP contribution in [0.4, 0.5) is 0 Å². The van der Waals surface area contributed by atoms with Gasteiger partial charge in [-0.25, -0.2) is 4.79 Å². The molecule has 0 spiro atoms. The summed E-state index contributed by atoms with van der Waals surface area (Å²) < 4.78 is 0. The lowest BCUT2D eigenvalue weighted by Crippen LogP contribution is -2.51. The lowest BCUT2D eigenvalue weighted by Gasteiger charge is -2.56. The van der Waals surface area contributed by atoms with Gasteiger partial charge in [0.25, 0.3) is 5.91 Å². The Kier molecular flexibility index (Phi) is 4.81. The Hall–Kier alpha value is -2.40. The van der Waals surface area contributed by atoms with Crippen LogP contribution in [0.15, 0.2) is 36.5 Å². The second-order valence-electron chi connectivity index (χ2n) is 9.50. The third kappa shape index (κ3) is 3.49. The molecule has 0 unspecified atom stereocenters. The second-order valence-corrected chi connectivity index (χ2v) is 9.91. The highest BCUT2D eigenvalue weighted by atomic mass is 35.5. The van der Waals surface area contributed by atoms with Gasteiger partial charge in [0, 0.05) is 18.3 Å². The molecule has 2 N–H and O–H groups in total. The van der Waals surface area contributed by atoms with Crippen molar-refractivity contribution in [1.82, 2.24) is 10.3 Å². The first-order valence-electron chi connectivity index (χ1n) is 10.7. The molecule has 0 aliphatic heterocycles. The number of halogens is 1. The maximum Gasteiger partial charge on any atom is 0.337 e. The standard InChI is InChI=1S/C24H25ClN2O3/c25-20-4-3-17(21-18(23(29)30)2-1-5-26-21)9-19(20)22(28)27-13-24-10-14-6-15(11-24)8-16(7-14)12-24/h1-5,9,14-16H,6-8,10-13H2,(H,27,28)(H,29,30). The average Bonchev–Trinajstić information content (AvgIpc) is 2.71. The van der Waals surface area contributed by atoms with E-state index in [2.05, 4.69) is 10.3 Å². The van der Waals surface area contributed by atoms with Crippen molar-refractivity contribution in [2.45, 2.75) is 38.5 Å². The number of aromatic carboxylic acids is 1. The van der Waals surface area contributed by atoms with E-state index in [0.29, 0.717) is 28.4 Å². The number of nitrogens with zero attached hydrogens (tertiary/aromatic N) is 1. The summed E-state index contributed by atoms with van der Waals surface area (Å²) in [7, 11) is 0.